The number of nitrogens with one attached hydrogen (secondary N) is 1. The number of nitrogens with zero attached hydrogens (tertiary/aromatic N) is 4. The van der Waals surface area contributed by atoms with Crippen molar-refractivity contribution in [3.05, 3.63) is 112 Å². The number of halogens is 6. The van der Waals surface area contributed by atoms with Gasteiger partial charge >= 0.3 is 0 Å². The molecular weight excluding hydrogens is 697 g/mol. The first-order valence-corrected chi connectivity index (χ1v) is 16.2. The van der Waals surface area contributed by atoms with Crippen molar-refractivity contribution < 1.29 is 41.0 Å². The fourth-order valence-corrected chi connectivity index (χ4v) is 6.04. The molecule has 2 aromatic heterocycles. The molecule has 3 heterocycles. The van der Waals surface area contributed by atoms with Gasteiger partial charge in [0.25, 0.3) is 18.2 Å². The van der Waals surface area contributed by atoms with Gasteiger partial charge < -0.3 is 24.3 Å². The van der Waals surface area contributed by atoms with E-state index in [1.165, 1.54) is 18.3 Å². The van der Waals surface area contributed by atoms with Gasteiger partial charge in [-0.25, -0.2) is 26.9 Å². The molecule has 9 nitrogen and oxygen atoms in total. The number of carbonyl (C=O) groups excluding carboxylic acids is 2. The second-order valence-corrected chi connectivity index (χ2v) is 12.3. The third-order valence-electron chi connectivity index (χ3n) is 8.53. The topological polar surface area (TPSA) is 88.9 Å². The lowest BCUT2D eigenvalue weighted by molar-refractivity contribution is 0.0619. The molecule has 6 rings (SSSR count). The van der Waals surface area contributed by atoms with Gasteiger partial charge in [-0.05, 0) is 48.9 Å². The van der Waals surface area contributed by atoms with Gasteiger partial charge in [0, 0.05) is 62.9 Å². The maximum atomic E-state index is 14.4. The molecule has 0 saturated carbocycles. The first-order valence-electron chi connectivity index (χ1n) is 15.8. The Morgan fingerprint density at radius 1 is 0.922 bits per heavy atom. The van der Waals surface area contributed by atoms with Crippen molar-refractivity contribution in [1.29, 1.82) is 0 Å². The molecule has 51 heavy (non-hydrogen) atoms. The summed E-state index contributed by atoms with van der Waals surface area (Å²) in [5.41, 5.74) is 0.773. The summed E-state index contributed by atoms with van der Waals surface area (Å²) in [7, 11) is 1.79. The molecule has 3 aromatic carbocycles. The quantitative estimate of drug-likeness (QED) is 0.118. The van der Waals surface area contributed by atoms with Crippen molar-refractivity contribution in [2.45, 2.75) is 19.9 Å². The van der Waals surface area contributed by atoms with Gasteiger partial charge in [0.15, 0.2) is 11.6 Å². The molecule has 15 heteroatoms. The van der Waals surface area contributed by atoms with E-state index in [-0.39, 0.29) is 17.5 Å². The monoisotopic (exact) mass is 727 g/mol. The predicted molar refractivity (Wildman–Crippen MR) is 180 cm³/mol. The van der Waals surface area contributed by atoms with Crippen molar-refractivity contribution in [2.24, 2.45) is 7.05 Å². The number of ether oxygens (including phenoxy) is 2. The van der Waals surface area contributed by atoms with E-state index in [2.05, 4.69) is 15.2 Å². The number of aryl methyl sites for hydroxylation is 1. The van der Waals surface area contributed by atoms with E-state index in [1.807, 2.05) is 29.2 Å². The summed E-state index contributed by atoms with van der Waals surface area (Å²) in [5, 5.41) is 2.31. The molecule has 0 unspecified atom stereocenters. The lowest BCUT2D eigenvalue weighted by atomic mass is 10.1. The van der Waals surface area contributed by atoms with Crippen LogP contribution in [0.15, 0.2) is 66.9 Å². The first-order chi connectivity index (χ1) is 24.4. The summed E-state index contributed by atoms with van der Waals surface area (Å²) < 4.78 is 80.1. The number of anilines is 1. The van der Waals surface area contributed by atoms with Gasteiger partial charge in [-0.3, -0.25) is 14.5 Å². The number of hydrogen-bond donors (Lipinski definition) is 1. The maximum Gasteiger partial charge on any atom is 0.272 e. The van der Waals surface area contributed by atoms with E-state index in [1.54, 1.807) is 35.9 Å². The Morgan fingerprint density at radius 2 is 1.63 bits per heavy atom. The average molecular weight is 728 g/mol. The van der Waals surface area contributed by atoms with E-state index in [0.717, 1.165) is 23.4 Å². The molecule has 0 spiro atoms. The SMILES string of the molecule is Cc1c(F)c(F)c(C(=O)Nc2ccc(Oc3ccc4cc(C(=O)N5CCN(Cc6ccc(OCC(F)F)cc6)CC5)n(C)c4c3)nc2)c(Cl)c1F. The summed E-state index contributed by atoms with van der Waals surface area (Å²) in [6.07, 6.45) is -1.31. The lowest BCUT2D eigenvalue weighted by Crippen LogP contribution is -2.48. The summed E-state index contributed by atoms with van der Waals surface area (Å²) >= 11 is 5.79. The minimum atomic E-state index is -2.53. The number of carbonyl (C=O) groups is 2. The highest BCUT2D eigenvalue weighted by Crippen LogP contribution is 2.31. The molecule has 266 valence electrons. The van der Waals surface area contributed by atoms with Gasteiger partial charge in [0.1, 0.15) is 35.2 Å². The van der Waals surface area contributed by atoms with Crippen LogP contribution in [-0.2, 0) is 13.6 Å². The smallest absolute Gasteiger partial charge is 0.272 e. The first kappa shape index (κ1) is 35.6. The van der Waals surface area contributed by atoms with E-state index < -0.39 is 52.5 Å². The molecule has 0 radical (unpaired) electrons. The highest BCUT2D eigenvalue weighted by molar-refractivity contribution is 6.34. The number of hydrogen-bond acceptors (Lipinski definition) is 6. The molecular formula is C36H31ClF5N5O4. The molecule has 5 aromatic rings. The molecule has 0 bridgehead atoms. The minimum Gasteiger partial charge on any atom is -0.488 e. The van der Waals surface area contributed by atoms with Crippen LogP contribution >= 0.6 is 11.6 Å². The van der Waals surface area contributed by atoms with Gasteiger partial charge in [-0.2, -0.15) is 0 Å². The van der Waals surface area contributed by atoms with Crippen molar-refractivity contribution in [2.75, 3.05) is 38.1 Å². The Balaban J connectivity index is 1.05. The van der Waals surface area contributed by atoms with E-state index in [4.69, 9.17) is 21.1 Å². The second-order valence-electron chi connectivity index (χ2n) is 11.9. The molecule has 0 aliphatic carbocycles. The Morgan fingerprint density at radius 3 is 2.29 bits per heavy atom. The normalized spacial score (nSPS) is 13.5. The summed E-state index contributed by atoms with van der Waals surface area (Å²) in [5.74, 6) is -4.58. The average Bonchev–Trinajstić information content (AvgIpc) is 3.45. The van der Waals surface area contributed by atoms with Crippen LogP contribution < -0.4 is 14.8 Å². The highest BCUT2D eigenvalue weighted by Gasteiger charge is 2.27. The summed E-state index contributed by atoms with van der Waals surface area (Å²) in [6, 6.07) is 17.0. The minimum absolute atomic E-state index is 0.0971. The van der Waals surface area contributed by atoms with Gasteiger partial charge in [-0.15, -0.1) is 0 Å². The van der Waals surface area contributed by atoms with Crippen molar-refractivity contribution >= 4 is 40.0 Å². The summed E-state index contributed by atoms with van der Waals surface area (Å²) in [6.45, 7) is 3.42. The third kappa shape index (κ3) is 7.76. The molecule has 1 saturated heterocycles. The number of aromatic nitrogens is 2. The van der Waals surface area contributed by atoms with Crippen LogP contribution in [0.4, 0.5) is 27.6 Å². The number of alkyl halides is 2. The zero-order valence-electron chi connectivity index (χ0n) is 27.4. The zero-order chi connectivity index (χ0) is 36.4. The van der Waals surface area contributed by atoms with Gasteiger partial charge in [-0.1, -0.05) is 23.7 Å². The van der Waals surface area contributed by atoms with Crippen molar-refractivity contribution in [3.63, 3.8) is 0 Å². The number of amides is 2. The number of piperazine rings is 1. The largest absolute Gasteiger partial charge is 0.488 e. The van der Waals surface area contributed by atoms with Crippen LogP contribution in [0, 0.1) is 24.4 Å². The third-order valence-corrected chi connectivity index (χ3v) is 8.88. The molecule has 0 atom stereocenters. The summed E-state index contributed by atoms with van der Waals surface area (Å²) in [4.78, 5) is 34.3. The number of pyridine rings is 1. The van der Waals surface area contributed by atoms with Crippen LogP contribution in [0.3, 0.4) is 0 Å². The standard InChI is InChI=1S/C36H31ClF5N5O4/c1-20-32(40)31(37)30(34(42)33(20)41)35(48)44-23-6-10-29(43-17-23)51-25-9-5-22-15-27(45(2)26(22)16-25)36(49)47-13-11-46(12-14-47)18-21-3-7-24(8-4-21)50-19-28(38)39/h3-10,15-17,28H,11-14,18-19H2,1-2H3,(H,44,48). The molecule has 1 fully saturated rings. The van der Waals surface area contributed by atoms with Crippen LogP contribution in [0.25, 0.3) is 10.9 Å². The number of benzene rings is 3. The Hall–Kier alpha value is -5.21. The van der Waals surface area contributed by atoms with Gasteiger partial charge in [0.05, 0.1) is 22.4 Å². The molecule has 1 aliphatic rings. The van der Waals surface area contributed by atoms with Crippen LogP contribution in [0.1, 0.15) is 32.0 Å². The van der Waals surface area contributed by atoms with Crippen molar-refractivity contribution in [3.8, 4) is 17.4 Å². The maximum absolute atomic E-state index is 14.4. The van der Waals surface area contributed by atoms with E-state index >= 15 is 0 Å². The van der Waals surface area contributed by atoms with E-state index in [0.29, 0.717) is 49.9 Å². The lowest BCUT2D eigenvalue weighted by Gasteiger charge is -2.34. The van der Waals surface area contributed by atoms with E-state index in [9.17, 15) is 31.5 Å². The zero-order valence-corrected chi connectivity index (χ0v) is 28.1. The van der Waals surface area contributed by atoms with Crippen LogP contribution in [-0.4, -0.2) is 70.4 Å². The second kappa shape index (κ2) is 15.0. The molecule has 1 N–H and O–H groups in total. The Kier molecular flexibility index (Phi) is 10.4. The fraction of sp³-hybridized carbons (Fsp3) is 0.250. The highest BCUT2D eigenvalue weighted by atomic mass is 35.5. The van der Waals surface area contributed by atoms with Crippen LogP contribution in [0.5, 0.6) is 17.4 Å². The number of fused-ring (bicyclic) bond motifs is 1. The molecule has 1 aliphatic heterocycles. The van der Waals surface area contributed by atoms with Crippen LogP contribution in [0.2, 0.25) is 5.02 Å². The van der Waals surface area contributed by atoms with Gasteiger partial charge in [0.2, 0.25) is 5.88 Å². The van der Waals surface area contributed by atoms with Crippen molar-refractivity contribution in [1.82, 2.24) is 19.4 Å². The fourth-order valence-electron chi connectivity index (χ4n) is 5.73. The Bertz CT molecular complexity index is 2060. The predicted octanol–water partition coefficient (Wildman–Crippen LogP) is 7.60. The number of rotatable bonds is 10. The molecule has 2 amide bonds. The Labute approximate surface area is 294 Å².